The molecule has 1 aromatic rings. The highest BCUT2D eigenvalue weighted by molar-refractivity contribution is 5.95. The van der Waals surface area contributed by atoms with Gasteiger partial charge in [-0.2, -0.15) is 0 Å². The number of ether oxygens (including phenoxy) is 1. The first kappa shape index (κ1) is 14.6. The van der Waals surface area contributed by atoms with Crippen LogP contribution in [-0.2, 0) is 4.74 Å². The third kappa shape index (κ3) is 2.10. The predicted molar refractivity (Wildman–Crippen MR) is 70.7 cm³/mol. The second-order valence-corrected chi connectivity index (χ2v) is 5.89. The van der Waals surface area contributed by atoms with E-state index >= 15 is 0 Å². The van der Waals surface area contributed by atoms with Crippen molar-refractivity contribution in [3.63, 3.8) is 0 Å². The van der Waals surface area contributed by atoms with Crippen LogP contribution in [0.2, 0.25) is 0 Å². The molecule has 2 atom stereocenters. The molecule has 1 fully saturated rings. The molecule has 2 unspecified atom stereocenters. The summed E-state index contributed by atoms with van der Waals surface area (Å²) in [4.78, 5) is 22.8. The molecule has 0 bridgehead atoms. The van der Waals surface area contributed by atoms with Crippen LogP contribution >= 0.6 is 0 Å². The number of carbonyl (C=O) groups is 2. The molecule has 1 saturated carbocycles. The summed E-state index contributed by atoms with van der Waals surface area (Å²) in [5, 5.41) is 11.7. The number of furan rings is 1. The van der Waals surface area contributed by atoms with Gasteiger partial charge in [0.25, 0.3) is 5.91 Å². The van der Waals surface area contributed by atoms with Crippen molar-refractivity contribution in [3.05, 3.63) is 23.7 Å². The molecule has 1 amide bonds. The third-order valence-corrected chi connectivity index (χ3v) is 4.65. The first-order valence-corrected chi connectivity index (χ1v) is 6.39. The van der Waals surface area contributed by atoms with Crippen molar-refractivity contribution in [2.75, 3.05) is 7.11 Å². The minimum absolute atomic E-state index is 0.00391. The van der Waals surface area contributed by atoms with Crippen molar-refractivity contribution in [2.24, 2.45) is 5.41 Å². The fraction of sp³-hybridized carbons (Fsp3) is 0.571. The van der Waals surface area contributed by atoms with E-state index in [-0.39, 0.29) is 28.4 Å². The summed E-state index contributed by atoms with van der Waals surface area (Å²) in [6.07, 6.45) is 1.76. The van der Waals surface area contributed by atoms with Crippen LogP contribution in [0, 0.1) is 5.41 Å². The summed E-state index contributed by atoms with van der Waals surface area (Å²) in [5.41, 5.74) is -0.523. The third-order valence-electron chi connectivity index (χ3n) is 4.65. The van der Waals surface area contributed by atoms with Crippen molar-refractivity contribution >= 4 is 11.9 Å². The number of nitrogens with one attached hydrogen (secondary N) is 1. The van der Waals surface area contributed by atoms with Crippen LogP contribution in [-0.4, -0.2) is 35.7 Å². The van der Waals surface area contributed by atoms with Crippen molar-refractivity contribution < 1.29 is 23.8 Å². The Labute approximate surface area is 117 Å². The molecule has 0 aliphatic heterocycles. The van der Waals surface area contributed by atoms with E-state index in [0.717, 1.165) is 6.26 Å². The molecule has 110 valence electrons. The summed E-state index contributed by atoms with van der Waals surface area (Å²) in [5.74, 6) is -1.53. The Hall–Kier alpha value is -1.82. The van der Waals surface area contributed by atoms with Crippen LogP contribution in [0.5, 0.6) is 0 Å². The average Bonchev–Trinajstić information content (AvgIpc) is 2.87. The number of hydrogen-bond donors (Lipinski definition) is 2. The summed E-state index contributed by atoms with van der Waals surface area (Å²) < 4.78 is 10.5. The van der Waals surface area contributed by atoms with Crippen molar-refractivity contribution in [1.82, 2.24) is 5.32 Å². The molecule has 2 N–H and O–H groups in total. The van der Waals surface area contributed by atoms with Gasteiger partial charge in [-0.05, 0) is 13.3 Å². The Morgan fingerprint density at radius 2 is 2.10 bits per heavy atom. The average molecular weight is 281 g/mol. The molecule has 1 aromatic heterocycles. The minimum atomic E-state index is -1.12. The van der Waals surface area contributed by atoms with Gasteiger partial charge in [-0.25, -0.2) is 4.79 Å². The number of methoxy groups -OCH3 is 1. The lowest BCUT2D eigenvalue weighted by molar-refractivity contribution is -0.177. The molecule has 0 aromatic carbocycles. The van der Waals surface area contributed by atoms with Gasteiger partial charge in [0.05, 0.1) is 11.2 Å². The van der Waals surface area contributed by atoms with Gasteiger partial charge in [-0.3, -0.25) is 4.79 Å². The van der Waals surface area contributed by atoms with Gasteiger partial charge in [-0.1, -0.05) is 13.8 Å². The van der Waals surface area contributed by atoms with Gasteiger partial charge < -0.3 is 19.6 Å². The number of rotatable bonds is 4. The number of carbonyl (C=O) groups excluding carboxylic acids is 1. The highest BCUT2D eigenvalue weighted by atomic mass is 16.5. The molecule has 0 saturated heterocycles. The topological polar surface area (TPSA) is 88.8 Å². The zero-order valence-corrected chi connectivity index (χ0v) is 12.0. The van der Waals surface area contributed by atoms with Crippen molar-refractivity contribution in [2.45, 2.75) is 38.8 Å². The molecule has 20 heavy (non-hydrogen) atoms. The summed E-state index contributed by atoms with van der Waals surface area (Å²) in [6, 6.07) is 1.18. The summed E-state index contributed by atoms with van der Waals surface area (Å²) >= 11 is 0. The number of carboxylic acids is 1. The second kappa shape index (κ2) is 4.63. The Kier molecular flexibility index (Phi) is 3.37. The first-order chi connectivity index (χ1) is 9.21. The fourth-order valence-electron chi connectivity index (χ4n) is 2.52. The van der Waals surface area contributed by atoms with E-state index < -0.39 is 11.9 Å². The van der Waals surface area contributed by atoms with Gasteiger partial charge in [0, 0.05) is 24.6 Å². The van der Waals surface area contributed by atoms with Crippen molar-refractivity contribution in [1.29, 1.82) is 0 Å². The Morgan fingerprint density at radius 1 is 1.45 bits per heavy atom. The molecule has 2 rings (SSSR count). The van der Waals surface area contributed by atoms with E-state index in [4.69, 9.17) is 14.3 Å². The maximum Gasteiger partial charge on any atom is 0.338 e. The van der Waals surface area contributed by atoms with Crippen LogP contribution in [0.3, 0.4) is 0 Å². The molecular weight excluding hydrogens is 262 g/mol. The molecule has 6 heteroatoms. The molecule has 0 spiro atoms. The van der Waals surface area contributed by atoms with E-state index in [2.05, 4.69) is 5.32 Å². The molecule has 1 aliphatic rings. The quantitative estimate of drug-likeness (QED) is 0.880. The van der Waals surface area contributed by atoms with Crippen LogP contribution in [0.1, 0.15) is 48.1 Å². The Bertz CT molecular complexity index is 548. The normalized spacial score (nSPS) is 27.7. The number of carboxylic acid groups (broad SMARTS) is 1. The van der Waals surface area contributed by atoms with E-state index in [9.17, 15) is 9.59 Å². The Balaban J connectivity index is 2.04. The van der Waals surface area contributed by atoms with Crippen LogP contribution in [0.15, 0.2) is 16.7 Å². The zero-order valence-electron chi connectivity index (χ0n) is 12.0. The smallest absolute Gasteiger partial charge is 0.338 e. The van der Waals surface area contributed by atoms with Gasteiger partial charge in [-0.15, -0.1) is 0 Å². The fourth-order valence-corrected chi connectivity index (χ4v) is 2.52. The number of aromatic carboxylic acids is 1. The Morgan fingerprint density at radius 3 is 2.55 bits per heavy atom. The van der Waals surface area contributed by atoms with Crippen molar-refractivity contribution in [3.8, 4) is 0 Å². The largest absolute Gasteiger partial charge is 0.478 e. The standard InChI is InChI=1S/C14H19NO5/c1-13(2)10(6-14(13,3)19-4)15-11(16)9-5-8(7-20-9)12(17)18/h5,7,10H,6H2,1-4H3,(H,15,16)(H,17,18). The van der Waals surface area contributed by atoms with Gasteiger partial charge in [0.2, 0.25) is 0 Å². The lowest BCUT2D eigenvalue weighted by Crippen LogP contribution is -2.68. The SMILES string of the molecule is COC1(C)CC(NC(=O)c2cc(C(=O)O)co2)C1(C)C. The van der Waals surface area contributed by atoms with E-state index in [0.29, 0.717) is 6.42 Å². The molecule has 0 radical (unpaired) electrons. The molecule has 6 nitrogen and oxygen atoms in total. The van der Waals surface area contributed by atoms with E-state index in [1.807, 2.05) is 20.8 Å². The highest BCUT2D eigenvalue weighted by Gasteiger charge is 2.58. The van der Waals surface area contributed by atoms with Gasteiger partial charge >= 0.3 is 5.97 Å². The van der Waals surface area contributed by atoms with Crippen LogP contribution in [0.4, 0.5) is 0 Å². The lowest BCUT2D eigenvalue weighted by Gasteiger charge is -2.59. The van der Waals surface area contributed by atoms with Gasteiger partial charge in [0.1, 0.15) is 6.26 Å². The monoisotopic (exact) mass is 281 g/mol. The van der Waals surface area contributed by atoms with Crippen LogP contribution in [0.25, 0.3) is 0 Å². The number of hydrogen-bond acceptors (Lipinski definition) is 4. The second-order valence-electron chi connectivity index (χ2n) is 5.89. The first-order valence-electron chi connectivity index (χ1n) is 6.39. The van der Waals surface area contributed by atoms with Crippen LogP contribution < -0.4 is 5.32 Å². The van der Waals surface area contributed by atoms with Gasteiger partial charge in [0.15, 0.2) is 5.76 Å². The summed E-state index contributed by atoms with van der Waals surface area (Å²) in [6.45, 7) is 6.05. The lowest BCUT2D eigenvalue weighted by atomic mass is 9.56. The molecule has 1 aliphatic carbocycles. The minimum Gasteiger partial charge on any atom is -0.478 e. The maximum absolute atomic E-state index is 12.0. The zero-order chi connectivity index (χ0) is 15.1. The highest BCUT2D eigenvalue weighted by Crippen LogP contribution is 2.51. The summed E-state index contributed by atoms with van der Waals surface area (Å²) in [7, 11) is 1.66. The van der Waals surface area contributed by atoms with E-state index in [1.54, 1.807) is 7.11 Å². The molecule has 1 heterocycles. The maximum atomic E-state index is 12.0. The van der Waals surface area contributed by atoms with E-state index in [1.165, 1.54) is 6.07 Å². The predicted octanol–water partition coefficient (Wildman–Crippen LogP) is 1.91. The molecular formula is C14H19NO5. The number of amides is 1.